The first kappa shape index (κ1) is 33.9. The van der Waals surface area contributed by atoms with Crippen molar-refractivity contribution in [3.05, 3.63) is 64.2 Å². The summed E-state index contributed by atoms with van der Waals surface area (Å²) in [7, 11) is -4.24. The molecule has 2 aromatic carbocycles. The number of carbonyl (C=O) groups is 2. The lowest BCUT2D eigenvalue weighted by Gasteiger charge is -2.37. The highest BCUT2D eigenvalue weighted by atomic mass is 32.2. The van der Waals surface area contributed by atoms with E-state index in [-0.39, 0.29) is 67.8 Å². The quantitative estimate of drug-likeness (QED) is 0.196. The molecule has 0 aromatic heterocycles. The van der Waals surface area contributed by atoms with Gasteiger partial charge in [-0.3, -0.25) is 5.41 Å². The molecule has 236 valence electrons. The van der Waals surface area contributed by atoms with Gasteiger partial charge in [0.2, 0.25) is 0 Å². The molecule has 11 nitrogen and oxygen atoms in total. The van der Waals surface area contributed by atoms with Crippen LogP contribution in [0.1, 0.15) is 94.0 Å². The fourth-order valence-corrected chi connectivity index (χ4v) is 6.75. The number of benzene rings is 2. The summed E-state index contributed by atoms with van der Waals surface area (Å²) in [5.41, 5.74) is 9.19. The van der Waals surface area contributed by atoms with E-state index >= 15 is 0 Å². The third-order valence-electron chi connectivity index (χ3n) is 7.46. The van der Waals surface area contributed by atoms with E-state index in [1.807, 2.05) is 39.8 Å². The number of hydrogen-bond acceptors (Lipinski definition) is 6. The lowest BCUT2D eigenvalue weighted by molar-refractivity contribution is 0.0761. The Morgan fingerprint density at radius 1 is 0.953 bits per heavy atom. The number of piperazine rings is 1. The van der Waals surface area contributed by atoms with Crippen LogP contribution in [0.3, 0.4) is 0 Å². The smallest absolute Gasteiger partial charge is 0.409 e. The largest absolute Gasteiger partial charge is 0.450 e. The maximum Gasteiger partial charge on any atom is 0.409 e. The Kier molecular flexibility index (Phi) is 11.2. The highest BCUT2D eigenvalue weighted by molar-refractivity contribution is 7.89. The average molecular weight is 615 g/mol. The number of nitrogens with zero attached hydrogens (tertiary/aromatic N) is 3. The molecule has 1 fully saturated rings. The van der Waals surface area contributed by atoms with Gasteiger partial charge in [-0.2, -0.15) is 0 Å². The van der Waals surface area contributed by atoms with Crippen LogP contribution >= 0.6 is 0 Å². The monoisotopic (exact) mass is 614 g/mol. The zero-order valence-corrected chi connectivity index (χ0v) is 27.1. The normalized spacial score (nSPS) is 14.0. The van der Waals surface area contributed by atoms with Gasteiger partial charge in [0, 0.05) is 31.7 Å². The van der Waals surface area contributed by atoms with Gasteiger partial charge in [-0.15, -0.1) is 4.83 Å². The summed E-state index contributed by atoms with van der Waals surface area (Å²) >= 11 is 0. The van der Waals surface area contributed by atoms with E-state index in [1.54, 1.807) is 31.2 Å². The van der Waals surface area contributed by atoms with Crippen molar-refractivity contribution in [3.8, 4) is 0 Å². The molecule has 1 aliphatic rings. The van der Waals surface area contributed by atoms with E-state index in [4.69, 9.17) is 15.9 Å². The van der Waals surface area contributed by atoms with E-state index in [1.165, 1.54) is 9.80 Å². The lowest BCUT2D eigenvalue weighted by Crippen LogP contribution is -2.57. The third kappa shape index (κ3) is 8.26. The SMILES string of the molecule is CCOC(=O)N1CCN(C(=O)N(Cc2cccc(C(=N)N)c2)NS(=O)(=O)c2c(C(C)C)cc(C(C)C)cc2C(C)C)CC1. The standard InChI is InChI=1S/C31H46N6O5S/c1-8-42-31(39)36-14-12-35(13-15-36)30(38)37(19-23-10-9-11-24(16-23)29(32)33)34-43(40,41)28-26(21(4)5)17-25(20(2)3)18-27(28)22(6)7/h9-11,16-18,20-22,34H,8,12-15,19H2,1-7H3,(H3,32,33). The number of urea groups is 1. The third-order valence-corrected chi connectivity index (χ3v) is 8.93. The zero-order chi connectivity index (χ0) is 32.1. The van der Waals surface area contributed by atoms with Crippen molar-refractivity contribution < 1.29 is 22.7 Å². The number of hydrazine groups is 1. The predicted molar refractivity (Wildman–Crippen MR) is 168 cm³/mol. The summed E-state index contributed by atoms with van der Waals surface area (Å²) in [6.07, 6.45) is -0.444. The van der Waals surface area contributed by atoms with Gasteiger partial charge in [0.1, 0.15) is 5.84 Å². The van der Waals surface area contributed by atoms with Gasteiger partial charge in [-0.25, -0.2) is 23.0 Å². The second-order valence-corrected chi connectivity index (χ2v) is 13.3. The van der Waals surface area contributed by atoms with Gasteiger partial charge in [0.15, 0.2) is 0 Å². The van der Waals surface area contributed by atoms with E-state index in [9.17, 15) is 18.0 Å². The summed E-state index contributed by atoms with van der Waals surface area (Å²) in [6.45, 7) is 14.8. The van der Waals surface area contributed by atoms with E-state index in [2.05, 4.69) is 18.7 Å². The number of sulfonamides is 1. The van der Waals surface area contributed by atoms with Crippen molar-refractivity contribution >= 4 is 28.0 Å². The molecule has 0 radical (unpaired) electrons. The van der Waals surface area contributed by atoms with Gasteiger partial charge in [0.25, 0.3) is 10.0 Å². The van der Waals surface area contributed by atoms with Gasteiger partial charge in [-0.1, -0.05) is 71.9 Å². The van der Waals surface area contributed by atoms with Gasteiger partial charge < -0.3 is 20.3 Å². The van der Waals surface area contributed by atoms with Crippen molar-refractivity contribution in [1.82, 2.24) is 19.6 Å². The number of ether oxygens (including phenoxy) is 1. The Morgan fingerprint density at radius 2 is 1.51 bits per heavy atom. The van der Waals surface area contributed by atoms with Crippen molar-refractivity contribution in [1.29, 1.82) is 5.41 Å². The first-order valence-corrected chi connectivity index (χ1v) is 16.3. The topological polar surface area (TPSA) is 149 Å². The van der Waals surface area contributed by atoms with Crippen LogP contribution in [0.25, 0.3) is 0 Å². The first-order valence-electron chi connectivity index (χ1n) is 14.8. The predicted octanol–water partition coefficient (Wildman–Crippen LogP) is 4.93. The number of rotatable bonds is 10. The van der Waals surface area contributed by atoms with E-state index in [0.717, 1.165) is 10.6 Å². The number of nitrogen functional groups attached to an aromatic ring is 1. The lowest BCUT2D eigenvalue weighted by atomic mass is 9.89. The molecule has 12 heteroatoms. The minimum atomic E-state index is -4.24. The molecule has 0 saturated carbocycles. The van der Waals surface area contributed by atoms with E-state index < -0.39 is 22.1 Å². The average Bonchev–Trinajstić information content (AvgIpc) is 2.95. The molecule has 1 heterocycles. The first-order chi connectivity index (χ1) is 20.2. The van der Waals surface area contributed by atoms with Crippen molar-refractivity contribution in [2.24, 2.45) is 5.73 Å². The summed E-state index contributed by atoms with van der Waals surface area (Å²) in [5, 5.41) is 8.91. The van der Waals surface area contributed by atoms with Crippen molar-refractivity contribution in [2.75, 3.05) is 32.8 Å². The summed E-state index contributed by atoms with van der Waals surface area (Å²) in [5.74, 6) is -0.103. The number of nitrogens with two attached hydrogens (primary N) is 1. The molecule has 0 aliphatic carbocycles. The van der Waals surface area contributed by atoms with Crippen LogP contribution in [0.2, 0.25) is 0 Å². The Balaban J connectivity index is 2.04. The molecule has 0 unspecified atom stereocenters. The molecule has 0 spiro atoms. The number of hydrogen-bond donors (Lipinski definition) is 3. The highest BCUT2D eigenvalue weighted by Gasteiger charge is 2.33. The number of amidine groups is 1. The molecular formula is C31H46N6O5S. The van der Waals surface area contributed by atoms with Gasteiger partial charge >= 0.3 is 12.1 Å². The Labute approximate surface area is 255 Å². The minimum Gasteiger partial charge on any atom is -0.450 e. The fraction of sp³-hybridized carbons (Fsp3) is 0.516. The Morgan fingerprint density at radius 3 is 2.00 bits per heavy atom. The second-order valence-electron chi connectivity index (χ2n) is 11.7. The molecule has 1 aliphatic heterocycles. The molecule has 1 saturated heterocycles. The summed E-state index contributed by atoms with van der Waals surface area (Å²) in [4.78, 5) is 32.0. The van der Waals surface area contributed by atoms with Gasteiger partial charge in [-0.05, 0) is 53.0 Å². The molecule has 0 bridgehead atoms. The molecule has 2 aromatic rings. The molecule has 3 amide bonds. The van der Waals surface area contributed by atoms with Crippen LogP contribution in [-0.2, 0) is 21.3 Å². The van der Waals surface area contributed by atoms with Crippen LogP contribution in [-0.4, -0.2) is 74.0 Å². The van der Waals surface area contributed by atoms with Gasteiger partial charge in [0.05, 0.1) is 18.0 Å². The molecule has 3 rings (SSSR count). The van der Waals surface area contributed by atoms with Crippen LogP contribution in [0.15, 0.2) is 41.3 Å². The number of amides is 3. The number of nitrogens with one attached hydrogen (secondary N) is 2. The fourth-order valence-electron chi connectivity index (χ4n) is 5.02. The Hall–Kier alpha value is -3.64. The molecule has 43 heavy (non-hydrogen) atoms. The molecular weight excluding hydrogens is 568 g/mol. The zero-order valence-electron chi connectivity index (χ0n) is 26.3. The van der Waals surface area contributed by atoms with Crippen molar-refractivity contribution in [3.63, 3.8) is 0 Å². The Bertz CT molecular complexity index is 1400. The second kappa shape index (κ2) is 14.2. The van der Waals surface area contributed by atoms with Crippen LogP contribution < -0.4 is 10.6 Å². The minimum absolute atomic E-state index is 0.0878. The maximum absolute atomic E-state index is 14.3. The van der Waals surface area contributed by atoms with Crippen LogP contribution in [0.4, 0.5) is 9.59 Å². The summed E-state index contributed by atoms with van der Waals surface area (Å²) in [6, 6.07) is 10.1. The molecule has 0 atom stereocenters. The van der Waals surface area contributed by atoms with Crippen LogP contribution in [0.5, 0.6) is 0 Å². The molecule has 4 N–H and O–H groups in total. The van der Waals surface area contributed by atoms with Crippen molar-refractivity contribution in [2.45, 2.75) is 77.7 Å². The van der Waals surface area contributed by atoms with E-state index in [0.29, 0.717) is 22.3 Å². The highest BCUT2D eigenvalue weighted by Crippen LogP contribution is 2.35. The maximum atomic E-state index is 14.3. The number of carbonyl (C=O) groups excluding carboxylic acids is 2. The summed E-state index contributed by atoms with van der Waals surface area (Å²) < 4.78 is 33.7. The van der Waals surface area contributed by atoms with Crippen LogP contribution in [0, 0.1) is 5.41 Å².